The van der Waals surface area contributed by atoms with Gasteiger partial charge in [0.05, 0.1) is 25.0 Å². The lowest BCUT2D eigenvalue weighted by Crippen LogP contribution is -2.41. The molecule has 2 aliphatic heterocycles. The number of fused-ring (bicyclic) bond motifs is 1. The molecule has 1 amide bonds. The lowest BCUT2D eigenvalue weighted by Gasteiger charge is -2.26. The van der Waals surface area contributed by atoms with Crippen molar-refractivity contribution < 1.29 is 17.9 Å². The van der Waals surface area contributed by atoms with Crippen LogP contribution in [0.1, 0.15) is 28.5 Å². The Hall–Kier alpha value is -2.08. The number of sulfonamides is 1. The first-order valence-electron chi connectivity index (χ1n) is 9.80. The summed E-state index contributed by atoms with van der Waals surface area (Å²) in [5.74, 6) is 0.498. The Morgan fingerprint density at radius 2 is 2.03 bits per heavy atom. The molecule has 0 aliphatic carbocycles. The van der Waals surface area contributed by atoms with E-state index in [0.29, 0.717) is 43.1 Å². The number of pyridine rings is 1. The van der Waals surface area contributed by atoms with Gasteiger partial charge in [-0.1, -0.05) is 0 Å². The van der Waals surface area contributed by atoms with Crippen molar-refractivity contribution in [1.82, 2.24) is 29.1 Å². The molecule has 11 heteroatoms. The molecule has 4 rings (SSSR count). The summed E-state index contributed by atoms with van der Waals surface area (Å²) in [7, 11) is -3.22. The Morgan fingerprint density at radius 3 is 2.76 bits per heavy atom. The van der Waals surface area contributed by atoms with Crippen LogP contribution in [0.4, 0.5) is 0 Å². The molecule has 0 bridgehead atoms. The first kappa shape index (κ1) is 20.2. The number of amides is 1. The molecule has 0 spiro atoms. The number of ether oxygens (including phenoxy) is 1. The second kappa shape index (κ2) is 8.34. The van der Waals surface area contributed by atoms with E-state index in [2.05, 4.69) is 20.4 Å². The van der Waals surface area contributed by atoms with E-state index in [0.717, 1.165) is 32.8 Å². The molecule has 2 aromatic heterocycles. The maximum atomic E-state index is 12.6. The quantitative estimate of drug-likeness (QED) is 0.671. The molecule has 2 aliphatic rings. The third-order valence-electron chi connectivity index (χ3n) is 5.49. The van der Waals surface area contributed by atoms with Crippen molar-refractivity contribution in [2.24, 2.45) is 0 Å². The fourth-order valence-corrected chi connectivity index (χ4v) is 4.70. The van der Waals surface area contributed by atoms with Crippen LogP contribution in [0.5, 0.6) is 0 Å². The highest BCUT2D eigenvalue weighted by Crippen LogP contribution is 2.27. The minimum atomic E-state index is -3.22. The smallest absolute Gasteiger partial charge is 0.252 e. The molecule has 2 aromatic rings. The highest BCUT2D eigenvalue weighted by molar-refractivity contribution is 7.88. The second-order valence-electron chi connectivity index (χ2n) is 7.52. The highest BCUT2D eigenvalue weighted by Gasteiger charge is 2.32. The van der Waals surface area contributed by atoms with Gasteiger partial charge in [-0.05, 0) is 18.6 Å². The normalized spacial score (nSPS) is 21.6. The van der Waals surface area contributed by atoms with E-state index in [1.807, 2.05) is 0 Å². The molecule has 1 unspecified atom stereocenters. The van der Waals surface area contributed by atoms with Gasteiger partial charge in [-0.15, -0.1) is 10.2 Å². The Morgan fingerprint density at radius 1 is 1.24 bits per heavy atom. The van der Waals surface area contributed by atoms with E-state index in [1.54, 1.807) is 22.7 Å². The summed E-state index contributed by atoms with van der Waals surface area (Å²) in [6.07, 6.45) is 3.64. The Balaban J connectivity index is 1.43. The maximum Gasteiger partial charge on any atom is 0.252 e. The Labute approximate surface area is 169 Å². The molecule has 0 saturated carbocycles. The van der Waals surface area contributed by atoms with Crippen LogP contribution in [-0.2, 0) is 14.8 Å². The van der Waals surface area contributed by atoms with Crippen LogP contribution >= 0.6 is 0 Å². The number of carbonyl (C=O) groups excluding carboxylic acids is 1. The minimum absolute atomic E-state index is 0.0423. The maximum absolute atomic E-state index is 12.6. The van der Waals surface area contributed by atoms with Gasteiger partial charge in [-0.3, -0.25) is 14.1 Å². The van der Waals surface area contributed by atoms with Gasteiger partial charge in [-0.2, -0.15) is 0 Å². The number of morpholine rings is 1. The fourth-order valence-electron chi connectivity index (χ4n) is 3.82. The zero-order valence-corrected chi connectivity index (χ0v) is 17.3. The first-order valence-corrected chi connectivity index (χ1v) is 11.6. The van der Waals surface area contributed by atoms with E-state index < -0.39 is 10.0 Å². The molecule has 29 heavy (non-hydrogen) atoms. The average Bonchev–Trinajstić information content (AvgIpc) is 3.35. The molecule has 0 radical (unpaired) electrons. The van der Waals surface area contributed by atoms with Crippen molar-refractivity contribution >= 4 is 21.6 Å². The zero-order chi connectivity index (χ0) is 20.4. The molecule has 0 aromatic carbocycles. The SMILES string of the molecule is CS(=O)(=O)N1CCC(c2nnc3ccc(C(=O)NCCN4CCOCC4)cn23)C1. The number of rotatable bonds is 6. The van der Waals surface area contributed by atoms with Crippen LogP contribution in [-0.4, -0.2) is 96.9 Å². The number of carbonyl (C=O) groups is 1. The van der Waals surface area contributed by atoms with Crippen molar-refractivity contribution in [3.63, 3.8) is 0 Å². The topological polar surface area (TPSA) is 109 Å². The largest absolute Gasteiger partial charge is 0.379 e. The summed E-state index contributed by atoms with van der Waals surface area (Å²) in [6.45, 7) is 5.46. The van der Waals surface area contributed by atoms with Gasteiger partial charge < -0.3 is 10.1 Å². The van der Waals surface area contributed by atoms with E-state index in [-0.39, 0.29) is 11.8 Å². The fraction of sp³-hybridized carbons (Fsp3) is 0.611. The second-order valence-corrected chi connectivity index (χ2v) is 9.50. The molecule has 4 heterocycles. The number of hydrogen-bond acceptors (Lipinski definition) is 7. The number of hydrogen-bond donors (Lipinski definition) is 1. The monoisotopic (exact) mass is 422 g/mol. The molecule has 2 saturated heterocycles. The summed E-state index contributed by atoms with van der Waals surface area (Å²) in [5.41, 5.74) is 1.17. The van der Waals surface area contributed by atoms with Crippen LogP contribution < -0.4 is 5.32 Å². The number of nitrogens with one attached hydrogen (secondary N) is 1. The van der Waals surface area contributed by atoms with E-state index in [9.17, 15) is 13.2 Å². The predicted molar refractivity (Wildman–Crippen MR) is 106 cm³/mol. The number of nitrogens with zero attached hydrogens (tertiary/aromatic N) is 5. The summed E-state index contributed by atoms with van der Waals surface area (Å²) in [4.78, 5) is 14.8. The zero-order valence-electron chi connectivity index (χ0n) is 16.5. The van der Waals surface area contributed by atoms with Crippen LogP contribution in [0, 0.1) is 0 Å². The summed E-state index contributed by atoms with van der Waals surface area (Å²) in [6, 6.07) is 3.49. The lowest BCUT2D eigenvalue weighted by atomic mass is 10.1. The van der Waals surface area contributed by atoms with Crippen molar-refractivity contribution in [3.8, 4) is 0 Å². The minimum Gasteiger partial charge on any atom is -0.379 e. The first-order chi connectivity index (χ1) is 13.9. The molecular formula is C18H26N6O4S. The molecule has 2 fully saturated rings. The van der Waals surface area contributed by atoms with Crippen molar-refractivity contribution in [2.45, 2.75) is 12.3 Å². The highest BCUT2D eigenvalue weighted by atomic mass is 32.2. The van der Waals surface area contributed by atoms with Crippen molar-refractivity contribution in [2.75, 3.05) is 58.7 Å². The van der Waals surface area contributed by atoms with E-state index >= 15 is 0 Å². The van der Waals surface area contributed by atoms with Gasteiger partial charge >= 0.3 is 0 Å². The molecule has 10 nitrogen and oxygen atoms in total. The van der Waals surface area contributed by atoms with Crippen LogP contribution in [0.2, 0.25) is 0 Å². The average molecular weight is 423 g/mol. The van der Waals surface area contributed by atoms with Gasteiger partial charge in [-0.25, -0.2) is 12.7 Å². The van der Waals surface area contributed by atoms with Crippen molar-refractivity contribution in [1.29, 1.82) is 0 Å². The Kier molecular flexibility index (Phi) is 5.81. The standard InChI is InChI=1S/C18H26N6O4S/c1-29(26,27)23-6-4-14(12-23)17-21-20-16-3-2-15(13-24(16)17)18(25)19-5-7-22-8-10-28-11-9-22/h2-3,13-14H,4-12H2,1H3,(H,19,25). The van der Waals surface area contributed by atoms with Gasteiger partial charge in [0.25, 0.3) is 5.91 Å². The van der Waals surface area contributed by atoms with Gasteiger partial charge in [0.1, 0.15) is 5.82 Å². The van der Waals surface area contributed by atoms with Crippen LogP contribution in [0.3, 0.4) is 0 Å². The molecule has 158 valence electrons. The van der Waals surface area contributed by atoms with Crippen LogP contribution in [0.25, 0.3) is 5.65 Å². The molecule has 1 N–H and O–H groups in total. The number of aromatic nitrogens is 3. The van der Waals surface area contributed by atoms with E-state index in [1.165, 1.54) is 10.6 Å². The molecular weight excluding hydrogens is 396 g/mol. The van der Waals surface area contributed by atoms with E-state index in [4.69, 9.17) is 4.74 Å². The van der Waals surface area contributed by atoms with Gasteiger partial charge in [0.2, 0.25) is 10.0 Å². The third-order valence-corrected chi connectivity index (χ3v) is 6.76. The summed E-state index contributed by atoms with van der Waals surface area (Å²) >= 11 is 0. The summed E-state index contributed by atoms with van der Waals surface area (Å²) < 4.78 is 32.2. The third kappa shape index (κ3) is 4.58. The molecule has 1 atom stereocenters. The Bertz CT molecular complexity index is 985. The summed E-state index contributed by atoms with van der Waals surface area (Å²) in [5, 5.41) is 11.4. The van der Waals surface area contributed by atoms with Gasteiger partial charge in [0.15, 0.2) is 5.65 Å². The lowest BCUT2D eigenvalue weighted by molar-refractivity contribution is 0.0383. The van der Waals surface area contributed by atoms with Gasteiger partial charge in [0, 0.05) is 51.4 Å². The predicted octanol–water partition coefficient (Wildman–Crippen LogP) is -0.460. The van der Waals surface area contributed by atoms with Crippen molar-refractivity contribution in [3.05, 3.63) is 29.7 Å². The van der Waals surface area contributed by atoms with Crippen LogP contribution in [0.15, 0.2) is 18.3 Å².